The molecule has 0 radical (unpaired) electrons. The zero-order valence-corrected chi connectivity index (χ0v) is 10.3. The number of rotatable bonds is 2. The Labute approximate surface area is 105 Å². The minimum atomic E-state index is -0.247. The molecule has 0 bridgehead atoms. The Balaban J connectivity index is 2.62. The highest BCUT2D eigenvalue weighted by molar-refractivity contribution is 6.30. The van der Waals surface area contributed by atoms with Crippen LogP contribution < -0.4 is 5.73 Å². The fourth-order valence-electron chi connectivity index (χ4n) is 1.89. The number of hydrogen-bond acceptors (Lipinski definition) is 1. The molecule has 0 atom stereocenters. The van der Waals surface area contributed by atoms with E-state index in [1.165, 1.54) is 12.1 Å². The van der Waals surface area contributed by atoms with Gasteiger partial charge in [0.2, 0.25) is 0 Å². The van der Waals surface area contributed by atoms with Crippen molar-refractivity contribution in [1.82, 2.24) is 0 Å². The molecular formula is C14H13ClFN. The van der Waals surface area contributed by atoms with Crippen LogP contribution in [0.1, 0.15) is 11.1 Å². The molecule has 0 spiro atoms. The zero-order valence-electron chi connectivity index (χ0n) is 9.50. The Kier molecular flexibility index (Phi) is 3.46. The van der Waals surface area contributed by atoms with Crippen molar-refractivity contribution >= 4 is 11.6 Å². The van der Waals surface area contributed by atoms with Crippen LogP contribution in [0.3, 0.4) is 0 Å². The molecule has 2 aromatic carbocycles. The van der Waals surface area contributed by atoms with Gasteiger partial charge < -0.3 is 5.73 Å². The van der Waals surface area contributed by atoms with Crippen molar-refractivity contribution in [3.8, 4) is 11.1 Å². The summed E-state index contributed by atoms with van der Waals surface area (Å²) in [6.07, 6.45) is 0. The summed E-state index contributed by atoms with van der Waals surface area (Å²) in [6, 6.07) is 10.4. The summed E-state index contributed by atoms with van der Waals surface area (Å²) in [5, 5.41) is 0.624. The lowest BCUT2D eigenvalue weighted by molar-refractivity contribution is 0.627. The van der Waals surface area contributed by atoms with E-state index in [2.05, 4.69) is 0 Å². The van der Waals surface area contributed by atoms with E-state index in [1.54, 1.807) is 6.07 Å². The zero-order chi connectivity index (χ0) is 12.4. The van der Waals surface area contributed by atoms with E-state index in [4.69, 9.17) is 17.3 Å². The molecule has 3 heteroatoms. The van der Waals surface area contributed by atoms with Gasteiger partial charge in [-0.05, 0) is 53.4 Å². The second-order valence-electron chi connectivity index (χ2n) is 4.02. The molecule has 0 fully saturated rings. The van der Waals surface area contributed by atoms with E-state index in [9.17, 15) is 4.39 Å². The van der Waals surface area contributed by atoms with Crippen LogP contribution in [0.5, 0.6) is 0 Å². The Morgan fingerprint density at radius 3 is 2.59 bits per heavy atom. The maximum absolute atomic E-state index is 13.4. The summed E-state index contributed by atoms with van der Waals surface area (Å²) >= 11 is 5.97. The second-order valence-corrected chi connectivity index (χ2v) is 4.46. The first kappa shape index (κ1) is 12.1. The van der Waals surface area contributed by atoms with Crippen molar-refractivity contribution in [2.24, 2.45) is 5.73 Å². The molecule has 1 nitrogen and oxygen atoms in total. The standard InChI is InChI=1S/C14H13ClFN/c1-9-4-11(6-13(16)5-9)14-7-12(15)3-2-10(14)8-17/h2-7H,8,17H2,1H3. The van der Waals surface area contributed by atoms with Crippen molar-refractivity contribution in [3.05, 3.63) is 58.4 Å². The molecule has 0 aliphatic rings. The molecule has 0 saturated carbocycles. The number of hydrogen-bond donors (Lipinski definition) is 1. The average molecular weight is 250 g/mol. The van der Waals surface area contributed by atoms with E-state index >= 15 is 0 Å². The predicted octanol–water partition coefficient (Wildman–Crippen LogP) is 3.91. The monoisotopic (exact) mass is 249 g/mol. The molecule has 2 rings (SSSR count). The van der Waals surface area contributed by atoms with Gasteiger partial charge in [0.1, 0.15) is 5.82 Å². The number of nitrogens with two attached hydrogens (primary N) is 1. The summed E-state index contributed by atoms with van der Waals surface area (Å²) in [7, 11) is 0. The highest BCUT2D eigenvalue weighted by Crippen LogP contribution is 2.28. The lowest BCUT2D eigenvalue weighted by Gasteiger charge is -2.09. The van der Waals surface area contributed by atoms with Crippen molar-refractivity contribution in [2.45, 2.75) is 13.5 Å². The highest BCUT2D eigenvalue weighted by Gasteiger charge is 2.07. The van der Waals surface area contributed by atoms with Crippen molar-refractivity contribution < 1.29 is 4.39 Å². The molecule has 17 heavy (non-hydrogen) atoms. The first-order chi connectivity index (χ1) is 8.10. The number of benzene rings is 2. The molecular weight excluding hydrogens is 237 g/mol. The van der Waals surface area contributed by atoms with E-state index in [-0.39, 0.29) is 5.82 Å². The van der Waals surface area contributed by atoms with Crippen LogP contribution in [0, 0.1) is 12.7 Å². The van der Waals surface area contributed by atoms with Gasteiger partial charge in [-0.15, -0.1) is 0 Å². The maximum atomic E-state index is 13.4. The minimum Gasteiger partial charge on any atom is -0.326 e. The SMILES string of the molecule is Cc1cc(F)cc(-c2cc(Cl)ccc2CN)c1. The van der Waals surface area contributed by atoms with Gasteiger partial charge in [0, 0.05) is 11.6 Å². The van der Waals surface area contributed by atoms with Crippen LogP contribution in [0.2, 0.25) is 5.02 Å². The van der Waals surface area contributed by atoms with Crippen molar-refractivity contribution in [1.29, 1.82) is 0 Å². The van der Waals surface area contributed by atoms with E-state index < -0.39 is 0 Å². The summed E-state index contributed by atoms with van der Waals surface area (Å²) in [5.41, 5.74) is 9.21. The molecule has 2 N–H and O–H groups in total. The van der Waals surface area contributed by atoms with Crippen LogP contribution in [0.25, 0.3) is 11.1 Å². The van der Waals surface area contributed by atoms with Crippen LogP contribution in [-0.4, -0.2) is 0 Å². The van der Waals surface area contributed by atoms with E-state index in [0.717, 1.165) is 22.3 Å². The van der Waals surface area contributed by atoms with Gasteiger partial charge >= 0.3 is 0 Å². The van der Waals surface area contributed by atoms with Crippen molar-refractivity contribution in [3.63, 3.8) is 0 Å². The third kappa shape index (κ3) is 2.65. The summed E-state index contributed by atoms with van der Waals surface area (Å²) in [6.45, 7) is 2.27. The number of halogens is 2. The lowest BCUT2D eigenvalue weighted by Crippen LogP contribution is -1.99. The third-order valence-electron chi connectivity index (χ3n) is 2.64. The van der Waals surface area contributed by atoms with Gasteiger partial charge in [0.25, 0.3) is 0 Å². The van der Waals surface area contributed by atoms with Gasteiger partial charge in [-0.25, -0.2) is 4.39 Å². The summed E-state index contributed by atoms with van der Waals surface area (Å²) in [5.74, 6) is -0.247. The van der Waals surface area contributed by atoms with Gasteiger partial charge in [-0.1, -0.05) is 23.7 Å². The van der Waals surface area contributed by atoms with Gasteiger partial charge in [0.05, 0.1) is 0 Å². The second kappa shape index (κ2) is 4.86. The molecule has 0 unspecified atom stereocenters. The third-order valence-corrected chi connectivity index (χ3v) is 2.88. The van der Waals surface area contributed by atoms with Crippen LogP contribution in [-0.2, 0) is 6.54 Å². The topological polar surface area (TPSA) is 26.0 Å². The molecule has 0 aromatic heterocycles. The van der Waals surface area contributed by atoms with E-state index in [0.29, 0.717) is 11.6 Å². The van der Waals surface area contributed by atoms with Crippen LogP contribution in [0.15, 0.2) is 36.4 Å². The lowest BCUT2D eigenvalue weighted by atomic mass is 9.98. The van der Waals surface area contributed by atoms with Gasteiger partial charge in [-0.3, -0.25) is 0 Å². The highest BCUT2D eigenvalue weighted by atomic mass is 35.5. The summed E-state index contributed by atoms with van der Waals surface area (Å²) in [4.78, 5) is 0. The Hall–Kier alpha value is -1.38. The summed E-state index contributed by atoms with van der Waals surface area (Å²) < 4.78 is 13.4. The molecule has 0 aliphatic carbocycles. The van der Waals surface area contributed by atoms with Crippen LogP contribution in [0.4, 0.5) is 4.39 Å². The smallest absolute Gasteiger partial charge is 0.124 e. The molecule has 0 amide bonds. The maximum Gasteiger partial charge on any atom is 0.124 e. The average Bonchev–Trinajstić information content (AvgIpc) is 2.27. The van der Waals surface area contributed by atoms with E-state index in [1.807, 2.05) is 25.1 Å². The van der Waals surface area contributed by atoms with Crippen molar-refractivity contribution in [2.75, 3.05) is 0 Å². The largest absolute Gasteiger partial charge is 0.326 e. The van der Waals surface area contributed by atoms with Gasteiger partial charge in [0.15, 0.2) is 0 Å². The van der Waals surface area contributed by atoms with Crippen LogP contribution >= 0.6 is 11.6 Å². The normalized spacial score (nSPS) is 10.6. The Bertz CT molecular complexity index is 532. The fraction of sp³-hybridized carbons (Fsp3) is 0.143. The first-order valence-corrected chi connectivity index (χ1v) is 5.74. The molecule has 0 aliphatic heterocycles. The number of aryl methyl sites for hydroxylation is 1. The van der Waals surface area contributed by atoms with Gasteiger partial charge in [-0.2, -0.15) is 0 Å². The Morgan fingerprint density at radius 1 is 1.18 bits per heavy atom. The minimum absolute atomic E-state index is 0.247. The molecule has 88 valence electrons. The first-order valence-electron chi connectivity index (χ1n) is 5.36. The molecule has 0 heterocycles. The molecule has 2 aromatic rings. The predicted molar refractivity (Wildman–Crippen MR) is 69.5 cm³/mol. The Morgan fingerprint density at radius 2 is 1.94 bits per heavy atom. The quantitative estimate of drug-likeness (QED) is 0.858. The molecule has 0 saturated heterocycles. The fourth-order valence-corrected chi connectivity index (χ4v) is 2.06.